The van der Waals surface area contributed by atoms with Crippen molar-refractivity contribution in [2.24, 2.45) is 0 Å². The van der Waals surface area contributed by atoms with Crippen molar-refractivity contribution in [2.45, 2.75) is 96.8 Å². The number of hydrogen-bond acceptors (Lipinski definition) is 6. The summed E-state index contributed by atoms with van der Waals surface area (Å²) in [4.78, 5) is 29.2. The Morgan fingerprint density at radius 3 is 1.36 bits per heavy atom. The van der Waals surface area contributed by atoms with Crippen molar-refractivity contribution in [1.82, 2.24) is 9.13 Å². The van der Waals surface area contributed by atoms with Crippen molar-refractivity contribution in [3.8, 4) is 23.5 Å². The molecule has 2 heterocycles. The third-order valence-electron chi connectivity index (χ3n) is 7.90. The zero-order chi connectivity index (χ0) is 28.4. The highest BCUT2D eigenvalue weighted by molar-refractivity contribution is 6.06. The molecule has 0 bridgehead atoms. The molecule has 2 aliphatic rings. The van der Waals surface area contributed by atoms with Crippen LogP contribution in [-0.4, -0.2) is 53.5 Å². The number of carbonyl (C=O) groups is 2. The summed E-state index contributed by atoms with van der Waals surface area (Å²) in [5.41, 5.74) is 0.894. The summed E-state index contributed by atoms with van der Waals surface area (Å²) in [6, 6.07) is 2.31. The molecule has 0 spiro atoms. The smallest absolute Gasteiger partial charge is 0.253 e. The van der Waals surface area contributed by atoms with Crippen molar-refractivity contribution >= 4 is 23.2 Å². The normalized spacial score (nSPS) is 16.7. The quantitative estimate of drug-likeness (QED) is 0.345. The topological polar surface area (TPSA) is 131 Å². The maximum atomic E-state index is 13.1. The van der Waals surface area contributed by atoms with Crippen molar-refractivity contribution < 1.29 is 30.0 Å². The predicted octanol–water partition coefficient (Wildman–Crippen LogP) is 5.10. The van der Waals surface area contributed by atoms with E-state index in [4.69, 9.17) is 0 Å². The highest BCUT2D eigenvalue weighted by atomic mass is 16.3. The van der Waals surface area contributed by atoms with Gasteiger partial charge in [0, 0.05) is 35.4 Å². The monoisotopic (exact) mass is 540 g/mol. The van der Waals surface area contributed by atoms with E-state index in [9.17, 15) is 30.0 Å². The van der Waals surface area contributed by atoms with Gasteiger partial charge in [-0.05, 0) is 39.5 Å². The highest BCUT2D eigenvalue weighted by Crippen LogP contribution is 2.43. The largest absolute Gasteiger partial charge is 0.494 e. The first kappa shape index (κ1) is 28.2. The van der Waals surface area contributed by atoms with Gasteiger partial charge in [0.05, 0.1) is 0 Å². The fraction of sp³-hybridized carbons (Fsp3) is 0.517. The number of rotatable bonds is 8. The van der Waals surface area contributed by atoms with Crippen LogP contribution in [0.3, 0.4) is 0 Å². The molecule has 0 unspecified atom stereocenters. The fourth-order valence-corrected chi connectivity index (χ4v) is 5.83. The Labute approximate surface area is 229 Å². The maximum absolute atomic E-state index is 13.1. The molecule has 2 aromatic rings. The third-order valence-corrected chi connectivity index (χ3v) is 7.90. The molecular formula is C29H40N4O6. The number of anilines is 2. The summed E-state index contributed by atoms with van der Waals surface area (Å²) < 4.78 is 2.18. The van der Waals surface area contributed by atoms with E-state index in [2.05, 4.69) is 13.2 Å². The Hall–Kier alpha value is -3.82. The minimum Gasteiger partial charge on any atom is -0.494 e. The lowest BCUT2D eigenvalue weighted by molar-refractivity contribution is -0.116. The number of amides is 2. The van der Waals surface area contributed by atoms with Crippen molar-refractivity contribution in [3.05, 3.63) is 36.4 Å². The second-order valence-electron chi connectivity index (χ2n) is 10.9. The van der Waals surface area contributed by atoms with Gasteiger partial charge in [-0.3, -0.25) is 18.7 Å². The van der Waals surface area contributed by atoms with Gasteiger partial charge in [0.25, 0.3) is 11.8 Å². The van der Waals surface area contributed by atoms with E-state index in [-0.39, 0.29) is 65.5 Å². The molecule has 2 saturated carbocycles. The minimum atomic E-state index is -0.385. The van der Waals surface area contributed by atoms with Crippen LogP contribution in [0.4, 0.5) is 11.4 Å². The van der Waals surface area contributed by atoms with Gasteiger partial charge in [0.2, 0.25) is 11.8 Å². The summed E-state index contributed by atoms with van der Waals surface area (Å²) in [7, 11) is 0. The van der Waals surface area contributed by atoms with Crippen LogP contribution >= 0.6 is 0 Å². The Kier molecular flexibility index (Phi) is 8.32. The standard InChI is InChI=1S/C29H40N4O6/c1-18(2)26(36)32(20-11-7-5-8-12-20)22-15-24(34)30(28(22)38)17-31-25(35)16-23(29(31)39)33(27(37)19(3)4)21-13-9-6-10-14-21/h15-16,20-21,34-35,38-39H,1,3,5-14,17H2,2,4H3. The first-order valence-electron chi connectivity index (χ1n) is 13.7. The highest BCUT2D eigenvalue weighted by Gasteiger charge is 2.34. The summed E-state index contributed by atoms with van der Waals surface area (Å²) >= 11 is 0. The number of aromatic nitrogens is 2. The van der Waals surface area contributed by atoms with Crippen LogP contribution in [0.5, 0.6) is 23.5 Å². The van der Waals surface area contributed by atoms with Crippen LogP contribution in [0.25, 0.3) is 0 Å². The molecule has 0 atom stereocenters. The van der Waals surface area contributed by atoms with Crippen LogP contribution in [0.1, 0.15) is 78.1 Å². The molecule has 2 aromatic heterocycles. The minimum absolute atomic E-state index is 0.139. The van der Waals surface area contributed by atoms with Crippen LogP contribution in [0.2, 0.25) is 0 Å². The van der Waals surface area contributed by atoms with Gasteiger partial charge in [-0.25, -0.2) is 0 Å². The lowest BCUT2D eigenvalue weighted by Gasteiger charge is -2.34. The van der Waals surface area contributed by atoms with Crippen LogP contribution in [0.15, 0.2) is 36.4 Å². The van der Waals surface area contributed by atoms with E-state index in [1.54, 1.807) is 13.8 Å². The Morgan fingerprint density at radius 2 is 1.05 bits per heavy atom. The fourth-order valence-electron chi connectivity index (χ4n) is 5.83. The van der Waals surface area contributed by atoms with Gasteiger partial charge in [-0.15, -0.1) is 0 Å². The van der Waals surface area contributed by atoms with E-state index < -0.39 is 0 Å². The molecule has 39 heavy (non-hydrogen) atoms. The zero-order valence-electron chi connectivity index (χ0n) is 22.9. The van der Waals surface area contributed by atoms with Gasteiger partial charge in [-0.1, -0.05) is 51.7 Å². The molecule has 10 heteroatoms. The maximum Gasteiger partial charge on any atom is 0.253 e. The second-order valence-corrected chi connectivity index (χ2v) is 10.9. The van der Waals surface area contributed by atoms with Crippen LogP contribution < -0.4 is 9.80 Å². The average molecular weight is 541 g/mol. The van der Waals surface area contributed by atoms with E-state index >= 15 is 0 Å². The van der Waals surface area contributed by atoms with Gasteiger partial charge >= 0.3 is 0 Å². The van der Waals surface area contributed by atoms with Gasteiger partial charge in [-0.2, -0.15) is 0 Å². The Bertz CT molecular complexity index is 1170. The van der Waals surface area contributed by atoms with Crippen molar-refractivity contribution in [3.63, 3.8) is 0 Å². The molecule has 0 saturated heterocycles. The lowest BCUT2D eigenvalue weighted by atomic mass is 9.93. The SMILES string of the molecule is C=C(C)C(=O)N(c1cc(O)n(Cn2c(O)cc(N(C(=O)C(=C)C)C3CCCCC3)c2O)c1O)C1CCCCC1. The first-order chi connectivity index (χ1) is 18.5. The molecule has 0 radical (unpaired) electrons. The number of carbonyl (C=O) groups excluding carboxylic acids is 2. The molecule has 212 valence electrons. The van der Waals surface area contributed by atoms with Crippen molar-refractivity contribution in [2.75, 3.05) is 9.80 Å². The molecule has 10 nitrogen and oxygen atoms in total. The summed E-state index contributed by atoms with van der Waals surface area (Å²) in [5, 5.41) is 44.0. The first-order valence-corrected chi connectivity index (χ1v) is 13.7. The molecule has 0 aliphatic heterocycles. The average Bonchev–Trinajstić information content (AvgIpc) is 3.35. The van der Waals surface area contributed by atoms with Crippen LogP contribution in [0, 0.1) is 0 Å². The molecule has 2 aliphatic carbocycles. The summed E-state index contributed by atoms with van der Waals surface area (Å²) in [5.74, 6) is -2.16. The van der Waals surface area contributed by atoms with Gasteiger partial charge < -0.3 is 30.2 Å². The number of hydrogen-bond donors (Lipinski definition) is 4. The summed E-state index contributed by atoms with van der Waals surface area (Å²) in [6.45, 7) is 10.4. The van der Waals surface area contributed by atoms with Crippen LogP contribution in [-0.2, 0) is 16.3 Å². The lowest BCUT2D eigenvalue weighted by Crippen LogP contribution is -2.42. The molecule has 0 aromatic carbocycles. The van der Waals surface area contributed by atoms with E-state index in [1.807, 2.05) is 0 Å². The molecular weight excluding hydrogens is 500 g/mol. The molecule has 4 rings (SSSR count). The van der Waals surface area contributed by atoms with E-state index in [0.717, 1.165) is 73.3 Å². The molecule has 2 fully saturated rings. The summed E-state index contributed by atoms with van der Waals surface area (Å²) in [6.07, 6.45) is 9.01. The number of nitrogens with zero attached hydrogens (tertiary/aromatic N) is 4. The Morgan fingerprint density at radius 1 is 0.718 bits per heavy atom. The van der Waals surface area contributed by atoms with Crippen molar-refractivity contribution in [1.29, 1.82) is 0 Å². The van der Waals surface area contributed by atoms with E-state index in [1.165, 1.54) is 21.9 Å². The van der Waals surface area contributed by atoms with Gasteiger partial charge in [0.1, 0.15) is 18.0 Å². The predicted molar refractivity (Wildman–Crippen MR) is 149 cm³/mol. The zero-order valence-corrected chi connectivity index (χ0v) is 22.9. The molecule has 4 N–H and O–H groups in total. The number of aromatic hydroxyl groups is 4. The molecule has 2 amide bonds. The van der Waals surface area contributed by atoms with E-state index in [0.29, 0.717) is 11.1 Å². The van der Waals surface area contributed by atoms with Gasteiger partial charge in [0.15, 0.2) is 11.8 Å². The third kappa shape index (κ3) is 5.51. The Balaban J connectivity index is 1.71. The second kappa shape index (κ2) is 11.5.